The van der Waals surface area contributed by atoms with Crippen LogP contribution in [0.4, 0.5) is 0 Å². The molecule has 30 heavy (non-hydrogen) atoms. The molecule has 2 aliphatic rings. The minimum absolute atomic E-state index is 0.0641. The summed E-state index contributed by atoms with van der Waals surface area (Å²) >= 11 is 0. The maximum atomic E-state index is 12.1. The van der Waals surface area contributed by atoms with E-state index >= 15 is 0 Å². The first-order valence-electron chi connectivity index (χ1n) is 12.7. The van der Waals surface area contributed by atoms with Gasteiger partial charge in [-0.1, -0.05) is 72.6 Å². The molecule has 1 heterocycles. The van der Waals surface area contributed by atoms with E-state index in [1.54, 1.807) is 0 Å². The van der Waals surface area contributed by atoms with Crippen LogP contribution in [0.15, 0.2) is 22.5 Å². The van der Waals surface area contributed by atoms with Crippen molar-refractivity contribution in [3.05, 3.63) is 22.5 Å². The van der Waals surface area contributed by atoms with E-state index < -0.39 is 0 Å². The van der Waals surface area contributed by atoms with Gasteiger partial charge in [0, 0.05) is 12.0 Å². The van der Waals surface area contributed by atoms with Gasteiger partial charge in [0.1, 0.15) is 11.4 Å². The zero-order valence-electron chi connectivity index (χ0n) is 21.0. The summed E-state index contributed by atoms with van der Waals surface area (Å²) in [6.07, 6.45) is 14.5. The van der Waals surface area contributed by atoms with Gasteiger partial charge < -0.3 is 4.74 Å². The van der Waals surface area contributed by atoms with Crippen LogP contribution in [0.2, 0.25) is 0 Å². The quantitative estimate of drug-likeness (QED) is 0.318. The average molecular weight is 417 g/mol. The number of carbonyl (C=O) groups is 1. The summed E-state index contributed by atoms with van der Waals surface area (Å²) in [4.78, 5) is 12.1. The van der Waals surface area contributed by atoms with Crippen LogP contribution in [0.5, 0.6) is 0 Å². The summed E-state index contributed by atoms with van der Waals surface area (Å²) in [6.45, 7) is 15.8. The Labute approximate surface area is 186 Å². The van der Waals surface area contributed by atoms with Gasteiger partial charge >= 0.3 is 0 Å². The Hall–Kier alpha value is -1.05. The molecular weight excluding hydrogens is 368 g/mol. The summed E-state index contributed by atoms with van der Waals surface area (Å²) in [5.41, 5.74) is 3.18. The predicted molar refractivity (Wildman–Crippen MR) is 128 cm³/mol. The highest BCUT2D eigenvalue weighted by Crippen LogP contribution is 2.43. The Balaban J connectivity index is 1.68. The highest BCUT2D eigenvalue weighted by molar-refractivity contribution is 5.99. The zero-order valence-corrected chi connectivity index (χ0v) is 21.0. The van der Waals surface area contributed by atoms with E-state index in [2.05, 4.69) is 41.5 Å². The summed E-state index contributed by atoms with van der Waals surface area (Å²) in [7, 11) is 0. The molecule has 0 aromatic rings. The highest BCUT2D eigenvalue weighted by atomic mass is 16.5. The van der Waals surface area contributed by atoms with Gasteiger partial charge in [-0.3, -0.25) is 4.79 Å². The molecule has 1 aliphatic carbocycles. The molecule has 0 N–H and O–H groups in total. The fraction of sp³-hybridized carbons (Fsp3) is 0.821. The van der Waals surface area contributed by atoms with Gasteiger partial charge in [0.2, 0.25) is 0 Å². The van der Waals surface area contributed by atoms with Gasteiger partial charge in [0.15, 0.2) is 5.78 Å². The van der Waals surface area contributed by atoms with Gasteiger partial charge in [-0.15, -0.1) is 0 Å². The van der Waals surface area contributed by atoms with Gasteiger partial charge in [-0.2, -0.15) is 0 Å². The monoisotopic (exact) mass is 416 g/mol. The largest absolute Gasteiger partial charge is 0.487 e. The van der Waals surface area contributed by atoms with E-state index in [-0.39, 0.29) is 11.4 Å². The standard InChI is InChI=1S/C28H48O2/c1-20(2)11-8-12-21(3)13-9-14-22(4)15-10-17-28(7)18-16-25-24(6)26(29)19-23(5)27(25)30-28/h20-22H,8-19H2,1-7H3. The van der Waals surface area contributed by atoms with Crippen molar-refractivity contribution in [2.45, 2.75) is 131 Å². The van der Waals surface area contributed by atoms with Crippen LogP contribution in [0, 0.1) is 17.8 Å². The number of ketones is 1. The number of carbonyl (C=O) groups excluding carboxylic acids is 1. The van der Waals surface area contributed by atoms with E-state index in [4.69, 9.17) is 4.74 Å². The van der Waals surface area contributed by atoms with Crippen molar-refractivity contribution >= 4 is 5.78 Å². The average Bonchev–Trinajstić information content (AvgIpc) is 2.66. The van der Waals surface area contributed by atoms with Crippen molar-refractivity contribution in [2.24, 2.45) is 17.8 Å². The van der Waals surface area contributed by atoms with E-state index in [9.17, 15) is 4.79 Å². The topological polar surface area (TPSA) is 26.3 Å². The van der Waals surface area contributed by atoms with Gasteiger partial charge in [-0.05, 0) is 75.4 Å². The normalized spacial score (nSPS) is 24.2. The molecule has 3 atom stereocenters. The van der Waals surface area contributed by atoms with E-state index in [0.717, 1.165) is 53.9 Å². The van der Waals surface area contributed by atoms with Crippen LogP contribution in [-0.4, -0.2) is 11.4 Å². The lowest BCUT2D eigenvalue weighted by molar-refractivity contribution is -0.115. The highest BCUT2D eigenvalue weighted by Gasteiger charge is 2.37. The molecule has 0 saturated carbocycles. The number of allylic oxidation sites excluding steroid dienone is 3. The predicted octanol–water partition coefficient (Wildman–Crippen LogP) is 8.56. The molecule has 0 aromatic heterocycles. The third kappa shape index (κ3) is 7.57. The Morgan fingerprint density at radius 1 is 0.900 bits per heavy atom. The molecule has 2 heteroatoms. The molecule has 0 spiro atoms. The van der Waals surface area contributed by atoms with Crippen LogP contribution in [0.3, 0.4) is 0 Å². The molecule has 0 amide bonds. The molecule has 0 aromatic carbocycles. The maximum Gasteiger partial charge on any atom is 0.163 e. The lowest BCUT2D eigenvalue weighted by atomic mass is 9.81. The zero-order chi connectivity index (χ0) is 22.3. The maximum absolute atomic E-state index is 12.1. The number of Topliss-reactive ketones (excluding diaryl/α,β-unsaturated/α-hetero) is 1. The van der Waals surface area contributed by atoms with Gasteiger partial charge in [-0.25, -0.2) is 0 Å². The number of fused-ring (bicyclic) bond motifs is 1. The SMILES string of the molecule is CC1=C2OC(C)(CCCC(C)CCCC(C)CCCC(C)C)CCC2=C(C)C(=O)C1. The Bertz CT molecular complexity index is 639. The summed E-state index contributed by atoms with van der Waals surface area (Å²) in [6, 6.07) is 0. The lowest BCUT2D eigenvalue weighted by Gasteiger charge is -2.40. The fourth-order valence-corrected chi connectivity index (χ4v) is 5.16. The van der Waals surface area contributed by atoms with Crippen LogP contribution < -0.4 is 0 Å². The molecule has 172 valence electrons. The van der Waals surface area contributed by atoms with Crippen molar-refractivity contribution in [2.75, 3.05) is 0 Å². The lowest BCUT2D eigenvalue weighted by Crippen LogP contribution is -2.35. The van der Waals surface area contributed by atoms with Crippen molar-refractivity contribution in [3.63, 3.8) is 0 Å². The van der Waals surface area contributed by atoms with E-state index in [1.807, 2.05) is 6.92 Å². The Morgan fingerprint density at radius 2 is 1.47 bits per heavy atom. The number of hydrogen-bond donors (Lipinski definition) is 0. The van der Waals surface area contributed by atoms with Crippen LogP contribution >= 0.6 is 0 Å². The molecule has 1 saturated heterocycles. The second kappa shape index (κ2) is 11.5. The van der Waals surface area contributed by atoms with E-state index in [0.29, 0.717) is 6.42 Å². The minimum atomic E-state index is -0.0641. The Kier molecular flexibility index (Phi) is 9.69. The van der Waals surface area contributed by atoms with E-state index in [1.165, 1.54) is 56.9 Å². The smallest absolute Gasteiger partial charge is 0.163 e. The summed E-state index contributed by atoms with van der Waals surface area (Å²) in [5, 5.41) is 0. The first kappa shape index (κ1) is 25.2. The van der Waals surface area contributed by atoms with Crippen LogP contribution in [-0.2, 0) is 9.53 Å². The third-order valence-corrected chi connectivity index (χ3v) is 7.49. The number of ether oxygens (including phenoxy) is 1. The second-order valence-corrected chi connectivity index (χ2v) is 11.2. The molecule has 2 rings (SSSR count). The second-order valence-electron chi connectivity index (χ2n) is 11.2. The van der Waals surface area contributed by atoms with Crippen LogP contribution in [0.1, 0.15) is 126 Å². The molecule has 1 fully saturated rings. The van der Waals surface area contributed by atoms with Gasteiger partial charge in [0.25, 0.3) is 0 Å². The third-order valence-electron chi connectivity index (χ3n) is 7.49. The molecule has 2 nitrogen and oxygen atoms in total. The first-order chi connectivity index (χ1) is 14.1. The molecule has 3 unspecified atom stereocenters. The summed E-state index contributed by atoms with van der Waals surface area (Å²) < 4.78 is 6.53. The molecule has 1 aliphatic heterocycles. The molecule has 0 bridgehead atoms. The minimum Gasteiger partial charge on any atom is -0.487 e. The van der Waals surface area contributed by atoms with Crippen molar-refractivity contribution in [1.29, 1.82) is 0 Å². The van der Waals surface area contributed by atoms with Crippen molar-refractivity contribution in [1.82, 2.24) is 0 Å². The van der Waals surface area contributed by atoms with Gasteiger partial charge in [0.05, 0.1) is 0 Å². The molecule has 0 radical (unpaired) electrons. The number of hydrogen-bond acceptors (Lipinski definition) is 2. The first-order valence-corrected chi connectivity index (χ1v) is 12.7. The summed E-state index contributed by atoms with van der Waals surface area (Å²) in [5.74, 6) is 3.86. The van der Waals surface area contributed by atoms with Crippen LogP contribution in [0.25, 0.3) is 0 Å². The van der Waals surface area contributed by atoms with Crippen molar-refractivity contribution in [3.8, 4) is 0 Å². The fourth-order valence-electron chi connectivity index (χ4n) is 5.16. The molecular formula is C28H48O2. The number of rotatable bonds is 12. The van der Waals surface area contributed by atoms with Crippen molar-refractivity contribution < 1.29 is 9.53 Å². The Morgan fingerprint density at radius 3 is 2.07 bits per heavy atom.